The van der Waals surface area contributed by atoms with Crippen molar-refractivity contribution in [2.24, 2.45) is 5.41 Å². The van der Waals surface area contributed by atoms with Gasteiger partial charge in [-0.2, -0.15) is 0 Å². The van der Waals surface area contributed by atoms with E-state index in [1.54, 1.807) is 0 Å². The van der Waals surface area contributed by atoms with Crippen molar-refractivity contribution in [2.75, 3.05) is 40.5 Å². The minimum absolute atomic E-state index is 0.140. The molecule has 0 aliphatic carbocycles. The van der Waals surface area contributed by atoms with Gasteiger partial charge in [-0.15, -0.1) is 0 Å². The monoisotopic (exact) mass is 596 g/mol. The molecule has 0 spiro atoms. The Morgan fingerprint density at radius 2 is 1.33 bits per heavy atom. The third-order valence-electron chi connectivity index (χ3n) is 6.83. The maximum absolute atomic E-state index is 5.96. The minimum Gasteiger partial charge on any atom is -0.491 e. The van der Waals surface area contributed by atoms with Crippen LogP contribution in [-0.2, 0) is 23.3 Å². The van der Waals surface area contributed by atoms with Gasteiger partial charge in [0.1, 0.15) is 37.8 Å². The molecule has 0 amide bonds. The van der Waals surface area contributed by atoms with Gasteiger partial charge in [0.25, 0.3) is 0 Å². The molecule has 0 bridgehead atoms. The highest BCUT2D eigenvalue weighted by Gasteiger charge is 2.27. The Morgan fingerprint density at radius 1 is 0.718 bits per heavy atom. The molecule has 0 saturated heterocycles. The molecule has 0 N–H and O–H groups in total. The fraction of sp³-hybridized carbons (Fsp3) is 0.471. The first-order valence-electron chi connectivity index (χ1n) is 13.9. The molecule has 0 fully saturated rings. The lowest BCUT2D eigenvalue weighted by Gasteiger charge is -2.33. The van der Waals surface area contributed by atoms with Crippen molar-refractivity contribution in [2.45, 2.75) is 59.6 Å². The predicted octanol–water partition coefficient (Wildman–Crippen LogP) is 8.41. The molecule has 0 radical (unpaired) electrons. The molecule has 4 nitrogen and oxygen atoms in total. The van der Waals surface area contributed by atoms with Gasteiger partial charge in [-0.1, -0.05) is 80.9 Å². The quantitative estimate of drug-likeness (QED) is 0.138. The van der Waals surface area contributed by atoms with Crippen molar-refractivity contribution >= 4 is 15.9 Å². The van der Waals surface area contributed by atoms with E-state index in [0.717, 1.165) is 45.5 Å². The van der Waals surface area contributed by atoms with Gasteiger partial charge in [0.05, 0.1) is 27.3 Å². The smallest absolute Gasteiger partial charge is 0.119 e. The summed E-state index contributed by atoms with van der Waals surface area (Å²) in [4.78, 5) is 0. The second kappa shape index (κ2) is 13.8. The van der Waals surface area contributed by atoms with E-state index in [-0.39, 0.29) is 5.41 Å². The summed E-state index contributed by atoms with van der Waals surface area (Å²) in [5, 5.41) is 0. The highest BCUT2D eigenvalue weighted by atomic mass is 79.9. The van der Waals surface area contributed by atoms with E-state index >= 15 is 0 Å². The molecule has 0 heterocycles. The highest BCUT2D eigenvalue weighted by molar-refractivity contribution is 9.10. The molecule has 0 atom stereocenters. The van der Waals surface area contributed by atoms with E-state index in [4.69, 9.17) is 14.2 Å². The number of likely N-dealkylation sites (N-methyl/N-ethyl adjacent to an activating group) is 1. The van der Waals surface area contributed by atoms with Crippen LogP contribution >= 0.6 is 15.9 Å². The molecule has 0 unspecified atom stereocenters. The predicted molar refractivity (Wildman–Crippen MR) is 165 cm³/mol. The van der Waals surface area contributed by atoms with Gasteiger partial charge in [0.15, 0.2) is 0 Å². The van der Waals surface area contributed by atoms with Crippen LogP contribution in [0.1, 0.15) is 57.7 Å². The topological polar surface area (TPSA) is 27.7 Å². The van der Waals surface area contributed by atoms with Gasteiger partial charge in [-0.3, -0.25) is 0 Å². The van der Waals surface area contributed by atoms with Gasteiger partial charge in [0, 0.05) is 15.6 Å². The van der Waals surface area contributed by atoms with E-state index < -0.39 is 0 Å². The Hall–Kier alpha value is -2.34. The van der Waals surface area contributed by atoms with E-state index in [9.17, 15) is 0 Å². The average Bonchev–Trinajstić information content (AvgIpc) is 2.85. The van der Waals surface area contributed by atoms with Crippen LogP contribution in [0.4, 0.5) is 0 Å². The maximum Gasteiger partial charge on any atom is 0.119 e. The van der Waals surface area contributed by atoms with E-state index in [1.807, 2.05) is 18.2 Å². The third kappa shape index (κ3) is 11.0. The summed E-state index contributed by atoms with van der Waals surface area (Å²) in [6.45, 7) is 15.8. The zero-order chi connectivity index (χ0) is 28.5. The Kier molecular flexibility index (Phi) is 11.1. The van der Waals surface area contributed by atoms with Crippen molar-refractivity contribution in [3.63, 3.8) is 0 Å². The lowest BCUT2D eigenvalue weighted by atomic mass is 9.72. The Balaban J connectivity index is 1.34. The van der Waals surface area contributed by atoms with Gasteiger partial charge in [-0.25, -0.2) is 0 Å². The summed E-state index contributed by atoms with van der Waals surface area (Å²) >= 11 is 3.58. The molecule has 212 valence electrons. The molecule has 5 heteroatoms. The number of hydrogen-bond acceptors (Lipinski definition) is 3. The molecule has 3 aromatic rings. The van der Waals surface area contributed by atoms with Crippen LogP contribution in [0, 0.1) is 5.41 Å². The van der Waals surface area contributed by atoms with Crippen molar-refractivity contribution in [3.05, 3.63) is 94.0 Å². The fourth-order valence-corrected chi connectivity index (χ4v) is 5.50. The maximum atomic E-state index is 5.96. The molecular formula is C34H47BrNO3+. The van der Waals surface area contributed by atoms with Gasteiger partial charge >= 0.3 is 0 Å². The Labute approximate surface area is 245 Å². The lowest BCUT2D eigenvalue weighted by Crippen LogP contribution is -2.41. The molecule has 0 saturated carbocycles. The van der Waals surface area contributed by atoms with Crippen molar-refractivity contribution < 1.29 is 18.7 Å². The van der Waals surface area contributed by atoms with Crippen molar-refractivity contribution in [1.29, 1.82) is 0 Å². The van der Waals surface area contributed by atoms with Crippen molar-refractivity contribution in [1.82, 2.24) is 0 Å². The van der Waals surface area contributed by atoms with E-state index in [0.29, 0.717) is 31.8 Å². The third-order valence-corrected chi connectivity index (χ3v) is 7.61. The molecule has 0 aliphatic heterocycles. The first-order valence-corrected chi connectivity index (χ1v) is 14.7. The summed E-state index contributed by atoms with van der Waals surface area (Å²) < 4.78 is 19.7. The van der Waals surface area contributed by atoms with Crippen LogP contribution in [0.25, 0.3) is 0 Å². The number of quaternary nitrogens is 1. The van der Waals surface area contributed by atoms with E-state index in [1.165, 1.54) is 11.1 Å². The zero-order valence-corrected chi connectivity index (χ0v) is 26.5. The summed E-state index contributed by atoms with van der Waals surface area (Å²) in [5.41, 5.74) is 4.21. The molecule has 3 aromatic carbocycles. The summed E-state index contributed by atoms with van der Waals surface area (Å²) in [5.74, 6) is 1.78. The Morgan fingerprint density at radius 3 is 1.97 bits per heavy atom. The fourth-order valence-electron chi connectivity index (χ4n) is 5.10. The summed E-state index contributed by atoms with van der Waals surface area (Å²) in [6.07, 6.45) is 1.13. The highest BCUT2D eigenvalue weighted by Crippen LogP contribution is 2.36. The second-order valence-electron chi connectivity index (χ2n) is 12.9. The number of benzene rings is 3. The number of hydrogen-bond donors (Lipinski definition) is 0. The lowest BCUT2D eigenvalue weighted by molar-refractivity contribution is -0.904. The molecular weight excluding hydrogens is 550 g/mol. The minimum atomic E-state index is 0.140. The largest absolute Gasteiger partial charge is 0.491 e. The van der Waals surface area contributed by atoms with Crippen LogP contribution in [0.5, 0.6) is 11.5 Å². The molecule has 39 heavy (non-hydrogen) atoms. The molecule has 0 aromatic heterocycles. The van der Waals surface area contributed by atoms with Crippen LogP contribution in [0.15, 0.2) is 77.3 Å². The normalized spacial score (nSPS) is 12.4. The first kappa shape index (κ1) is 31.2. The van der Waals surface area contributed by atoms with Gasteiger partial charge < -0.3 is 18.7 Å². The Bertz CT molecular complexity index is 1150. The molecule has 0 aliphatic rings. The number of nitrogens with zero attached hydrogens (tertiary/aromatic N) is 1. The van der Waals surface area contributed by atoms with Crippen LogP contribution < -0.4 is 9.47 Å². The summed E-state index contributed by atoms with van der Waals surface area (Å²) in [7, 11) is 4.47. The van der Waals surface area contributed by atoms with Crippen LogP contribution in [0.3, 0.4) is 0 Å². The second-order valence-corrected chi connectivity index (χ2v) is 13.8. The first-order chi connectivity index (χ1) is 18.3. The standard InChI is InChI=1S/C34H47BrNO3/c1-33(2,3)26-34(4,5)29-14-18-30(19-15-29)38-23-22-37-21-20-36(6,7)24-27-12-16-31(17-13-27)39-25-28-10-8-9-11-32(28)35/h8-19H,20-26H2,1-7H3/q+1. The zero-order valence-electron chi connectivity index (χ0n) is 24.9. The van der Waals surface area contributed by atoms with Gasteiger partial charge in [-0.05, 0) is 65.3 Å². The van der Waals surface area contributed by atoms with Crippen LogP contribution in [-0.4, -0.2) is 44.9 Å². The van der Waals surface area contributed by atoms with Crippen LogP contribution in [0.2, 0.25) is 0 Å². The SMILES string of the molecule is CC(C)(C)CC(C)(C)c1ccc(OCCOCC[N+](C)(C)Cc2ccc(OCc3ccccc3Br)cc2)cc1. The number of rotatable bonds is 14. The average molecular weight is 598 g/mol. The number of halogens is 1. The molecule has 3 rings (SSSR count). The van der Waals surface area contributed by atoms with E-state index in [2.05, 4.69) is 119 Å². The summed E-state index contributed by atoms with van der Waals surface area (Å²) in [6, 6.07) is 25.1. The van der Waals surface area contributed by atoms with Crippen molar-refractivity contribution in [3.8, 4) is 11.5 Å². The van der Waals surface area contributed by atoms with Gasteiger partial charge in [0.2, 0.25) is 0 Å². The number of ether oxygens (including phenoxy) is 3.